The summed E-state index contributed by atoms with van der Waals surface area (Å²) in [4.78, 5) is 22.9. The summed E-state index contributed by atoms with van der Waals surface area (Å²) in [5.41, 5.74) is 5.51. The van der Waals surface area contributed by atoms with Gasteiger partial charge < -0.3 is 10.1 Å². The molecule has 2 aromatic carbocycles. The van der Waals surface area contributed by atoms with Crippen molar-refractivity contribution in [1.29, 1.82) is 0 Å². The topological polar surface area (TPSA) is 110 Å². The maximum absolute atomic E-state index is 13.2. The standard InChI is InChI=1S/C27H29N7O2S/c1-5-23(26(35)28-18-9-8-10-19(15-18)36-4)37-27-29-22-12-7-6-11-21(22)25-30-24(33-34(25)27)14-13-20-16(2)31-32-17(20)3/h6-12,15,23H,5,13-14H2,1-4H3,(H,28,35)(H,31,32). The predicted octanol–water partition coefficient (Wildman–Crippen LogP) is 4.92. The van der Waals surface area contributed by atoms with Gasteiger partial charge in [0.25, 0.3) is 0 Å². The summed E-state index contributed by atoms with van der Waals surface area (Å²) in [7, 11) is 1.60. The van der Waals surface area contributed by atoms with E-state index in [1.807, 2.05) is 63.2 Å². The van der Waals surface area contributed by atoms with E-state index < -0.39 is 0 Å². The smallest absolute Gasteiger partial charge is 0.237 e. The molecule has 0 radical (unpaired) electrons. The number of methoxy groups -OCH3 is 1. The first-order chi connectivity index (χ1) is 18.0. The first-order valence-electron chi connectivity index (χ1n) is 12.2. The molecule has 0 saturated heterocycles. The summed E-state index contributed by atoms with van der Waals surface area (Å²) < 4.78 is 7.05. The molecular formula is C27H29N7O2S. The van der Waals surface area contributed by atoms with Gasteiger partial charge in [-0.2, -0.15) is 9.61 Å². The number of aryl methyl sites for hydroxylation is 3. The van der Waals surface area contributed by atoms with Crippen molar-refractivity contribution in [3.63, 3.8) is 0 Å². The van der Waals surface area contributed by atoms with Crippen LogP contribution in [0.4, 0.5) is 5.69 Å². The van der Waals surface area contributed by atoms with E-state index >= 15 is 0 Å². The van der Waals surface area contributed by atoms with E-state index in [0.29, 0.717) is 29.4 Å². The molecular weight excluding hydrogens is 486 g/mol. The summed E-state index contributed by atoms with van der Waals surface area (Å²) in [6.45, 7) is 6.02. The lowest BCUT2D eigenvalue weighted by molar-refractivity contribution is -0.115. The van der Waals surface area contributed by atoms with Crippen LogP contribution in [0.5, 0.6) is 5.75 Å². The minimum absolute atomic E-state index is 0.102. The van der Waals surface area contributed by atoms with Crippen LogP contribution in [0, 0.1) is 13.8 Å². The number of nitrogens with one attached hydrogen (secondary N) is 2. The number of hydrogen-bond donors (Lipinski definition) is 2. The van der Waals surface area contributed by atoms with Gasteiger partial charge in [0.2, 0.25) is 5.91 Å². The number of para-hydroxylation sites is 1. The fourth-order valence-electron chi connectivity index (χ4n) is 4.31. The number of hydrogen-bond acceptors (Lipinski definition) is 7. The summed E-state index contributed by atoms with van der Waals surface area (Å²) in [5, 5.41) is 16.4. The van der Waals surface area contributed by atoms with Crippen LogP contribution in [0.25, 0.3) is 16.6 Å². The molecule has 1 amide bonds. The average Bonchev–Trinajstić information content (AvgIpc) is 3.48. The number of carbonyl (C=O) groups excluding carboxylic acids is 1. The summed E-state index contributed by atoms with van der Waals surface area (Å²) in [6.07, 6.45) is 2.09. The van der Waals surface area contributed by atoms with Crippen molar-refractivity contribution in [2.75, 3.05) is 12.4 Å². The van der Waals surface area contributed by atoms with Crippen molar-refractivity contribution in [3.05, 3.63) is 71.3 Å². The van der Waals surface area contributed by atoms with Crippen LogP contribution in [-0.4, -0.2) is 48.0 Å². The van der Waals surface area contributed by atoms with Gasteiger partial charge in [0.1, 0.15) is 5.75 Å². The van der Waals surface area contributed by atoms with Crippen molar-refractivity contribution in [3.8, 4) is 5.75 Å². The number of anilines is 1. The molecule has 5 aromatic rings. The molecule has 9 nitrogen and oxygen atoms in total. The minimum Gasteiger partial charge on any atom is -0.497 e. The Morgan fingerprint density at radius 1 is 1.14 bits per heavy atom. The van der Waals surface area contributed by atoms with Crippen LogP contribution < -0.4 is 10.1 Å². The number of benzene rings is 2. The van der Waals surface area contributed by atoms with E-state index in [9.17, 15) is 4.79 Å². The number of carbonyl (C=O) groups is 1. The average molecular weight is 516 g/mol. The zero-order valence-corrected chi connectivity index (χ0v) is 22.1. The van der Waals surface area contributed by atoms with Gasteiger partial charge in [-0.05, 0) is 56.5 Å². The summed E-state index contributed by atoms with van der Waals surface area (Å²) in [5.74, 6) is 1.32. The fourth-order valence-corrected chi connectivity index (χ4v) is 5.27. The number of ether oxygens (including phenoxy) is 1. The van der Waals surface area contributed by atoms with E-state index in [-0.39, 0.29) is 11.2 Å². The van der Waals surface area contributed by atoms with Crippen LogP contribution in [0.1, 0.15) is 36.1 Å². The lowest BCUT2D eigenvalue weighted by Gasteiger charge is -2.15. The second-order valence-electron chi connectivity index (χ2n) is 8.82. The third-order valence-corrected chi connectivity index (χ3v) is 7.63. The molecule has 0 aliphatic rings. The number of H-pyrrole nitrogens is 1. The molecule has 0 aliphatic heterocycles. The molecule has 190 valence electrons. The van der Waals surface area contributed by atoms with Crippen molar-refractivity contribution in [1.82, 2.24) is 29.8 Å². The van der Waals surface area contributed by atoms with E-state index in [0.717, 1.165) is 40.2 Å². The zero-order chi connectivity index (χ0) is 25.9. The Hall–Kier alpha value is -3.92. The molecule has 0 spiro atoms. The molecule has 5 rings (SSSR count). The second-order valence-corrected chi connectivity index (χ2v) is 9.99. The van der Waals surface area contributed by atoms with Crippen LogP contribution >= 0.6 is 11.8 Å². The number of aromatic nitrogens is 6. The molecule has 0 saturated carbocycles. The molecule has 1 atom stereocenters. The number of amides is 1. The molecule has 3 heterocycles. The highest BCUT2D eigenvalue weighted by atomic mass is 32.2. The maximum atomic E-state index is 13.2. The quantitative estimate of drug-likeness (QED) is 0.212. The van der Waals surface area contributed by atoms with Crippen molar-refractivity contribution in [2.45, 2.75) is 50.4 Å². The monoisotopic (exact) mass is 515 g/mol. The summed E-state index contributed by atoms with van der Waals surface area (Å²) in [6, 6.07) is 15.2. The number of fused-ring (bicyclic) bond motifs is 3. The van der Waals surface area contributed by atoms with Gasteiger partial charge in [-0.25, -0.2) is 9.97 Å². The molecule has 10 heteroatoms. The van der Waals surface area contributed by atoms with Crippen LogP contribution in [0.2, 0.25) is 0 Å². The van der Waals surface area contributed by atoms with E-state index in [1.54, 1.807) is 17.7 Å². The van der Waals surface area contributed by atoms with Crippen LogP contribution in [0.15, 0.2) is 53.7 Å². The highest BCUT2D eigenvalue weighted by Crippen LogP contribution is 2.29. The Morgan fingerprint density at radius 2 is 1.97 bits per heavy atom. The van der Waals surface area contributed by atoms with Crippen molar-refractivity contribution >= 4 is 39.9 Å². The summed E-state index contributed by atoms with van der Waals surface area (Å²) >= 11 is 1.40. The third kappa shape index (κ3) is 5.15. The molecule has 0 aliphatic carbocycles. The SMILES string of the molecule is CCC(Sc1nc2ccccc2c2nc(CCc3c(C)n[nH]c3C)nn12)C(=O)Nc1cccc(OC)c1. The molecule has 0 bridgehead atoms. The molecule has 2 N–H and O–H groups in total. The fraction of sp³-hybridized carbons (Fsp3) is 0.296. The van der Waals surface area contributed by atoms with Crippen molar-refractivity contribution in [2.24, 2.45) is 0 Å². The Labute approximate surface area is 219 Å². The normalized spacial score (nSPS) is 12.2. The Kier molecular flexibility index (Phi) is 7.09. The van der Waals surface area contributed by atoms with Gasteiger partial charge in [-0.3, -0.25) is 9.89 Å². The molecule has 37 heavy (non-hydrogen) atoms. The lowest BCUT2D eigenvalue weighted by Crippen LogP contribution is -2.25. The van der Waals surface area contributed by atoms with Gasteiger partial charge >= 0.3 is 0 Å². The highest BCUT2D eigenvalue weighted by Gasteiger charge is 2.23. The minimum atomic E-state index is -0.369. The van der Waals surface area contributed by atoms with Gasteiger partial charge in [-0.15, -0.1) is 5.10 Å². The van der Waals surface area contributed by atoms with Crippen LogP contribution in [0.3, 0.4) is 0 Å². The second kappa shape index (κ2) is 10.6. The Morgan fingerprint density at radius 3 is 2.73 bits per heavy atom. The number of nitrogens with zero attached hydrogens (tertiary/aromatic N) is 5. The first-order valence-corrected chi connectivity index (χ1v) is 13.1. The highest BCUT2D eigenvalue weighted by molar-refractivity contribution is 8.00. The molecule has 1 unspecified atom stereocenters. The largest absolute Gasteiger partial charge is 0.497 e. The molecule has 0 fully saturated rings. The van der Waals surface area contributed by atoms with Gasteiger partial charge in [0.05, 0.1) is 23.6 Å². The third-order valence-electron chi connectivity index (χ3n) is 6.32. The Balaban J connectivity index is 1.45. The molecule has 3 aromatic heterocycles. The number of thioether (sulfide) groups is 1. The zero-order valence-electron chi connectivity index (χ0n) is 21.3. The number of aromatic amines is 1. The predicted molar refractivity (Wildman–Crippen MR) is 145 cm³/mol. The Bertz CT molecular complexity index is 1560. The van der Waals surface area contributed by atoms with Gasteiger partial charge in [-0.1, -0.05) is 36.9 Å². The maximum Gasteiger partial charge on any atom is 0.237 e. The lowest BCUT2D eigenvalue weighted by atomic mass is 10.1. The van der Waals surface area contributed by atoms with Crippen molar-refractivity contribution < 1.29 is 9.53 Å². The number of rotatable bonds is 9. The van der Waals surface area contributed by atoms with Gasteiger partial charge in [0, 0.05) is 29.3 Å². The van der Waals surface area contributed by atoms with E-state index in [2.05, 4.69) is 15.5 Å². The van der Waals surface area contributed by atoms with E-state index in [4.69, 9.17) is 19.8 Å². The van der Waals surface area contributed by atoms with Crippen LogP contribution in [-0.2, 0) is 17.6 Å². The van der Waals surface area contributed by atoms with E-state index in [1.165, 1.54) is 17.3 Å². The first kappa shape index (κ1) is 24.8. The van der Waals surface area contributed by atoms with Gasteiger partial charge in [0.15, 0.2) is 16.6 Å².